The van der Waals surface area contributed by atoms with E-state index < -0.39 is 0 Å². The van der Waals surface area contributed by atoms with Gasteiger partial charge in [-0.1, -0.05) is 12.1 Å². The number of H-pyrrole nitrogens is 1. The molecule has 1 amide bonds. The highest BCUT2D eigenvalue weighted by molar-refractivity contribution is 6.02. The Labute approximate surface area is 180 Å². The number of hydrogen-bond acceptors (Lipinski definition) is 5. The van der Waals surface area contributed by atoms with Crippen molar-refractivity contribution >= 4 is 17.7 Å². The van der Waals surface area contributed by atoms with Crippen molar-refractivity contribution in [1.29, 1.82) is 0 Å². The van der Waals surface area contributed by atoms with Crippen LogP contribution in [0.2, 0.25) is 0 Å². The molecule has 1 saturated heterocycles. The normalized spacial score (nSPS) is 14.6. The molecule has 158 valence electrons. The average Bonchev–Trinajstić information content (AvgIpc) is 2.80. The summed E-state index contributed by atoms with van der Waals surface area (Å²) in [5, 5.41) is 2.88. The third-order valence-corrected chi connectivity index (χ3v) is 5.09. The van der Waals surface area contributed by atoms with Crippen LogP contribution in [0.5, 0.6) is 0 Å². The van der Waals surface area contributed by atoms with Gasteiger partial charge in [-0.3, -0.25) is 19.5 Å². The van der Waals surface area contributed by atoms with Gasteiger partial charge in [-0.2, -0.15) is 0 Å². The van der Waals surface area contributed by atoms with Gasteiger partial charge in [-0.05, 0) is 47.0 Å². The molecule has 7 heteroatoms. The van der Waals surface area contributed by atoms with E-state index in [0.717, 1.165) is 55.2 Å². The standard InChI is InChI=1S/C24H24N4O3/c29-23-7-3-20(16-26-23)22-9-10-25-15-19(22)4-8-24(30)27-21-5-1-18(2-6-21)17-28-11-13-31-14-12-28/h1-10,15-16H,11-14,17H2,(H,26,29)(H,27,30)/b8-4+. The van der Waals surface area contributed by atoms with E-state index in [1.165, 1.54) is 17.7 Å². The van der Waals surface area contributed by atoms with E-state index >= 15 is 0 Å². The molecule has 1 aromatic carbocycles. The van der Waals surface area contributed by atoms with Crippen molar-refractivity contribution in [3.05, 3.63) is 88.6 Å². The van der Waals surface area contributed by atoms with Crippen LogP contribution in [0.25, 0.3) is 17.2 Å². The summed E-state index contributed by atoms with van der Waals surface area (Å²) in [6.07, 6.45) is 8.21. The first-order chi connectivity index (χ1) is 15.2. The molecule has 2 aromatic heterocycles. The van der Waals surface area contributed by atoms with E-state index in [0.29, 0.717) is 0 Å². The number of nitrogens with zero attached hydrogens (tertiary/aromatic N) is 2. The molecule has 0 radical (unpaired) electrons. The van der Waals surface area contributed by atoms with Crippen molar-refractivity contribution in [3.63, 3.8) is 0 Å². The van der Waals surface area contributed by atoms with Crippen LogP contribution in [0.3, 0.4) is 0 Å². The van der Waals surface area contributed by atoms with E-state index in [4.69, 9.17) is 4.74 Å². The number of pyridine rings is 2. The molecule has 1 aliphatic heterocycles. The van der Waals surface area contributed by atoms with Gasteiger partial charge in [-0.15, -0.1) is 0 Å². The quantitative estimate of drug-likeness (QED) is 0.604. The first-order valence-electron chi connectivity index (χ1n) is 10.2. The Hall–Kier alpha value is -3.55. The Balaban J connectivity index is 1.39. The Morgan fingerprint density at radius 3 is 2.68 bits per heavy atom. The number of anilines is 1. The van der Waals surface area contributed by atoms with E-state index in [-0.39, 0.29) is 11.5 Å². The van der Waals surface area contributed by atoms with Gasteiger partial charge < -0.3 is 15.0 Å². The van der Waals surface area contributed by atoms with Crippen molar-refractivity contribution in [1.82, 2.24) is 14.9 Å². The number of carbonyl (C=O) groups is 1. The van der Waals surface area contributed by atoms with Gasteiger partial charge in [-0.25, -0.2) is 0 Å². The number of morpholine rings is 1. The van der Waals surface area contributed by atoms with Crippen LogP contribution in [-0.4, -0.2) is 47.1 Å². The number of hydrogen-bond donors (Lipinski definition) is 2. The molecule has 0 atom stereocenters. The molecule has 0 bridgehead atoms. The summed E-state index contributed by atoms with van der Waals surface area (Å²) < 4.78 is 5.38. The summed E-state index contributed by atoms with van der Waals surface area (Å²) in [6, 6.07) is 12.9. The summed E-state index contributed by atoms with van der Waals surface area (Å²) in [7, 11) is 0. The second-order valence-electron chi connectivity index (χ2n) is 7.31. The SMILES string of the molecule is O=C(/C=C/c1cnccc1-c1ccc(=O)[nH]c1)Nc1ccc(CN2CCOCC2)cc1. The van der Waals surface area contributed by atoms with Crippen LogP contribution in [0.15, 0.2) is 71.9 Å². The van der Waals surface area contributed by atoms with Crippen LogP contribution < -0.4 is 10.9 Å². The molecule has 31 heavy (non-hydrogen) atoms. The number of nitrogens with one attached hydrogen (secondary N) is 2. The number of rotatable bonds is 6. The highest BCUT2D eigenvalue weighted by atomic mass is 16.5. The molecule has 0 aliphatic carbocycles. The molecular weight excluding hydrogens is 392 g/mol. The summed E-state index contributed by atoms with van der Waals surface area (Å²) in [5.41, 5.74) is 4.29. The fourth-order valence-electron chi connectivity index (χ4n) is 3.44. The van der Waals surface area contributed by atoms with Crippen molar-refractivity contribution in [2.24, 2.45) is 0 Å². The fraction of sp³-hybridized carbons (Fsp3) is 0.208. The summed E-state index contributed by atoms with van der Waals surface area (Å²) >= 11 is 0. The zero-order valence-electron chi connectivity index (χ0n) is 17.1. The predicted molar refractivity (Wildman–Crippen MR) is 120 cm³/mol. The third-order valence-electron chi connectivity index (χ3n) is 5.09. The van der Waals surface area contributed by atoms with E-state index in [2.05, 4.69) is 20.2 Å². The van der Waals surface area contributed by atoms with Gasteiger partial charge in [0.15, 0.2) is 0 Å². The van der Waals surface area contributed by atoms with Gasteiger partial charge in [0.1, 0.15) is 0 Å². The first kappa shape index (κ1) is 20.7. The third kappa shape index (κ3) is 5.75. The molecule has 0 unspecified atom stereocenters. The number of ether oxygens (including phenoxy) is 1. The molecule has 2 N–H and O–H groups in total. The molecule has 4 rings (SSSR count). The maximum atomic E-state index is 12.4. The van der Waals surface area contributed by atoms with Crippen molar-refractivity contribution in [2.75, 3.05) is 31.6 Å². The average molecular weight is 416 g/mol. The Kier molecular flexibility index (Phi) is 6.66. The lowest BCUT2D eigenvalue weighted by Gasteiger charge is -2.26. The fourth-order valence-corrected chi connectivity index (χ4v) is 3.44. The van der Waals surface area contributed by atoms with Gasteiger partial charge in [0, 0.05) is 61.6 Å². The van der Waals surface area contributed by atoms with E-state index in [1.54, 1.807) is 30.7 Å². The maximum Gasteiger partial charge on any atom is 0.248 e. The van der Waals surface area contributed by atoms with Crippen LogP contribution in [0.1, 0.15) is 11.1 Å². The molecule has 1 aliphatic rings. The number of aromatic nitrogens is 2. The molecule has 0 spiro atoms. The Morgan fingerprint density at radius 2 is 1.94 bits per heavy atom. The Bertz CT molecular complexity index is 1100. The van der Waals surface area contributed by atoms with Gasteiger partial charge in [0.2, 0.25) is 11.5 Å². The van der Waals surface area contributed by atoms with Gasteiger partial charge in [0.25, 0.3) is 0 Å². The second-order valence-corrected chi connectivity index (χ2v) is 7.31. The van der Waals surface area contributed by atoms with Crippen LogP contribution >= 0.6 is 0 Å². The Morgan fingerprint density at radius 1 is 1.13 bits per heavy atom. The highest BCUT2D eigenvalue weighted by Gasteiger charge is 2.10. The van der Waals surface area contributed by atoms with Crippen LogP contribution in [0.4, 0.5) is 5.69 Å². The zero-order valence-corrected chi connectivity index (χ0v) is 17.1. The van der Waals surface area contributed by atoms with E-state index in [1.807, 2.05) is 30.3 Å². The minimum atomic E-state index is -0.225. The molecule has 3 heterocycles. The molecule has 3 aromatic rings. The lowest BCUT2D eigenvalue weighted by atomic mass is 10.0. The number of benzene rings is 1. The molecule has 0 saturated carbocycles. The largest absolute Gasteiger partial charge is 0.379 e. The number of carbonyl (C=O) groups excluding carboxylic acids is 1. The second kappa shape index (κ2) is 9.97. The minimum Gasteiger partial charge on any atom is -0.379 e. The van der Waals surface area contributed by atoms with Gasteiger partial charge in [0.05, 0.1) is 13.2 Å². The molecule has 7 nitrogen and oxygen atoms in total. The monoisotopic (exact) mass is 416 g/mol. The van der Waals surface area contributed by atoms with Crippen molar-refractivity contribution in [2.45, 2.75) is 6.54 Å². The number of amides is 1. The summed E-state index contributed by atoms with van der Waals surface area (Å²) in [5.74, 6) is -0.225. The van der Waals surface area contributed by atoms with Crippen molar-refractivity contribution < 1.29 is 9.53 Å². The van der Waals surface area contributed by atoms with E-state index in [9.17, 15) is 9.59 Å². The zero-order chi connectivity index (χ0) is 21.5. The molecule has 1 fully saturated rings. The summed E-state index contributed by atoms with van der Waals surface area (Å²) in [6.45, 7) is 4.33. The minimum absolute atomic E-state index is 0.162. The summed E-state index contributed by atoms with van der Waals surface area (Å²) in [4.78, 5) is 32.9. The van der Waals surface area contributed by atoms with Crippen LogP contribution in [0, 0.1) is 0 Å². The van der Waals surface area contributed by atoms with Crippen LogP contribution in [-0.2, 0) is 16.1 Å². The first-order valence-corrected chi connectivity index (χ1v) is 10.2. The lowest BCUT2D eigenvalue weighted by molar-refractivity contribution is -0.111. The smallest absolute Gasteiger partial charge is 0.248 e. The topological polar surface area (TPSA) is 87.3 Å². The number of aromatic amines is 1. The lowest BCUT2D eigenvalue weighted by Crippen LogP contribution is -2.35. The highest BCUT2D eigenvalue weighted by Crippen LogP contribution is 2.22. The maximum absolute atomic E-state index is 12.4. The van der Waals surface area contributed by atoms with Crippen molar-refractivity contribution in [3.8, 4) is 11.1 Å². The van der Waals surface area contributed by atoms with Gasteiger partial charge >= 0.3 is 0 Å². The predicted octanol–water partition coefficient (Wildman–Crippen LogP) is 2.92. The molecular formula is C24H24N4O3.